The van der Waals surface area contributed by atoms with E-state index in [1.165, 1.54) is 11.3 Å². The number of rotatable bonds is 5. The molecule has 3 heterocycles. The number of aromatic nitrogens is 3. The molecule has 2 aromatic carbocycles. The first-order valence-electron chi connectivity index (χ1n) is 11.9. The van der Waals surface area contributed by atoms with Crippen LogP contribution in [-0.2, 0) is 11.3 Å². The summed E-state index contributed by atoms with van der Waals surface area (Å²) in [7, 11) is 0. The molecule has 8 nitrogen and oxygen atoms in total. The number of morpholine rings is 1. The van der Waals surface area contributed by atoms with Crippen LogP contribution in [0.25, 0.3) is 21.3 Å². The molecule has 0 radical (unpaired) electrons. The summed E-state index contributed by atoms with van der Waals surface area (Å²) >= 11 is 1.59. The lowest BCUT2D eigenvalue weighted by Crippen LogP contribution is -2.45. The summed E-state index contributed by atoms with van der Waals surface area (Å²) in [6.07, 6.45) is 2.88. The molecule has 2 aliphatic rings. The Morgan fingerprint density at radius 2 is 1.94 bits per heavy atom. The number of imidazole rings is 1. The fraction of sp³-hybridized carbons (Fsp3) is 0.440. The fourth-order valence-corrected chi connectivity index (χ4v) is 5.99. The molecule has 2 aromatic heterocycles. The van der Waals surface area contributed by atoms with Gasteiger partial charge in [0.1, 0.15) is 0 Å². The van der Waals surface area contributed by atoms with Crippen LogP contribution < -0.4 is 10.2 Å². The van der Waals surface area contributed by atoms with Gasteiger partial charge in [-0.1, -0.05) is 17.4 Å². The lowest BCUT2D eigenvalue weighted by Gasteiger charge is -2.32. The van der Waals surface area contributed by atoms with Gasteiger partial charge in [0.2, 0.25) is 0 Å². The molecule has 3 N–H and O–H groups in total. The van der Waals surface area contributed by atoms with Gasteiger partial charge >= 0.3 is 0 Å². The number of ether oxygens (including phenoxy) is 1. The van der Waals surface area contributed by atoms with Crippen LogP contribution in [0.2, 0.25) is 0 Å². The minimum absolute atomic E-state index is 0.163. The van der Waals surface area contributed by atoms with Crippen molar-refractivity contribution in [1.82, 2.24) is 14.5 Å². The number of nitrogens with one attached hydrogen (secondary N) is 1. The SMILES string of the molecule is OC1CCCC(Nc2nc3ccc(Cn4cnc5cc(N6CCOCC6)ccc54)cc3s2)C1O. The standard InChI is InChI=1S/C25H29N5O3S/c31-22-3-1-2-19(24(22)32)28-25-27-18-6-4-16(12-23(18)34-25)14-30-15-26-20-13-17(5-7-21(20)30)29-8-10-33-11-9-29/h4-7,12-13,15,19,22,24,31-32H,1-3,8-11,14H2,(H,27,28). The highest BCUT2D eigenvalue weighted by molar-refractivity contribution is 7.22. The molecule has 1 aliphatic carbocycles. The summed E-state index contributed by atoms with van der Waals surface area (Å²) in [6.45, 7) is 4.11. The number of nitrogens with zero attached hydrogens (tertiary/aromatic N) is 4. The van der Waals surface area contributed by atoms with Gasteiger partial charge in [-0.3, -0.25) is 0 Å². The Bertz CT molecular complexity index is 1300. The number of hydrogen-bond donors (Lipinski definition) is 3. The molecule has 34 heavy (non-hydrogen) atoms. The maximum Gasteiger partial charge on any atom is 0.184 e. The maximum atomic E-state index is 10.3. The number of hydrogen-bond acceptors (Lipinski definition) is 8. The number of thiazole rings is 1. The van der Waals surface area contributed by atoms with Crippen molar-refractivity contribution in [2.75, 3.05) is 36.5 Å². The summed E-state index contributed by atoms with van der Waals surface area (Å²) < 4.78 is 8.75. The molecule has 178 valence electrons. The van der Waals surface area contributed by atoms with Gasteiger partial charge in [0, 0.05) is 25.3 Å². The smallest absolute Gasteiger partial charge is 0.184 e. The third-order valence-electron chi connectivity index (χ3n) is 6.92. The van der Waals surface area contributed by atoms with E-state index in [0.29, 0.717) is 6.42 Å². The lowest BCUT2D eigenvalue weighted by molar-refractivity contribution is -0.0161. The van der Waals surface area contributed by atoms with Crippen LogP contribution in [0.15, 0.2) is 42.7 Å². The molecule has 1 aliphatic heterocycles. The highest BCUT2D eigenvalue weighted by Gasteiger charge is 2.30. The predicted octanol–water partition coefficient (Wildman–Crippen LogP) is 3.22. The zero-order valence-electron chi connectivity index (χ0n) is 18.9. The zero-order valence-corrected chi connectivity index (χ0v) is 19.7. The Kier molecular flexibility index (Phi) is 5.86. The Balaban J connectivity index is 1.19. The van der Waals surface area contributed by atoms with E-state index in [4.69, 9.17) is 9.72 Å². The topological polar surface area (TPSA) is 95.7 Å². The fourth-order valence-electron chi connectivity index (χ4n) is 4.99. The lowest BCUT2D eigenvalue weighted by atomic mass is 9.90. The van der Waals surface area contributed by atoms with Gasteiger partial charge in [0.05, 0.1) is 59.0 Å². The summed E-state index contributed by atoms with van der Waals surface area (Å²) in [5, 5.41) is 24.4. The Labute approximate surface area is 201 Å². The molecule has 9 heteroatoms. The van der Waals surface area contributed by atoms with E-state index in [-0.39, 0.29) is 6.04 Å². The number of aliphatic hydroxyl groups is 2. The molecule has 3 atom stereocenters. The van der Waals surface area contributed by atoms with Gasteiger partial charge in [0.25, 0.3) is 0 Å². The van der Waals surface area contributed by atoms with Crippen molar-refractivity contribution in [3.05, 3.63) is 48.3 Å². The van der Waals surface area contributed by atoms with Crippen molar-refractivity contribution in [2.24, 2.45) is 0 Å². The minimum atomic E-state index is -0.755. The van der Waals surface area contributed by atoms with Crippen molar-refractivity contribution in [2.45, 2.75) is 44.1 Å². The molecule has 1 saturated carbocycles. The van der Waals surface area contributed by atoms with Gasteiger partial charge in [0.15, 0.2) is 5.13 Å². The van der Waals surface area contributed by atoms with Crippen molar-refractivity contribution in [3.8, 4) is 0 Å². The first-order valence-corrected chi connectivity index (χ1v) is 12.8. The molecule has 6 rings (SSSR count). The number of aliphatic hydroxyl groups excluding tert-OH is 2. The van der Waals surface area contributed by atoms with Crippen molar-refractivity contribution >= 4 is 43.4 Å². The largest absolute Gasteiger partial charge is 0.390 e. The molecule has 2 fully saturated rings. The molecular formula is C25H29N5O3S. The second-order valence-electron chi connectivity index (χ2n) is 9.21. The van der Waals surface area contributed by atoms with Crippen LogP contribution in [0.5, 0.6) is 0 Å². The van der Waals surface area contributed by atoms with Crippen LogP contribution in [0.1, 0.15) is 24.8 Å². The van der Waals surface area contributed by atoms with E-state index in [1.54, 1.807) is 11.3 Å². The third kappa shape index (κ3) is 4.24. The van der Waals surface area contributed by atoms with Crippen LogP contribution in [-0.4, -0.2) is 69.3 Å². The van der Waals surface area contributed by atoms with Crippen LogP contribution >= 0.6 is 11.3 Å². The van der Waals surface area contributed by atoms with Crippen molar-refractivity contribution < 1.29 is 14.9 Å². The number of benzene rings is 2. The monoisotopic (exact) mass is 479 g/mol. The van der Waals surface area contributed by atoms with Crippen molar-refractivity contribution in [3.63, 3.8) is 0 Å². The quantitative estimate of drug-likeness (QED) is 0.405. The highest BCUT2D eigenvalue weighted by atomic mass is 32.1. The average Bonchev–Trinajstić information content (AvgIpc) is 3.45. The summed E-state index contributed by atoms with van der Waals surface area (Å²) in [4.78, 5) is 11.7. The second kappa shape index (κ2) is 9.14. The Morgan fingerprint density at radius 1 is 1.06 bits per heavy atom. The first-order chi connectivity index (χ1) is 16.6. The predicted molar refractivity (Wildman–Crippen MR) is 135 cm³/mol. The van der Waals surface area contributed by atoms with Gasteiger partial charge in [-0.15, -0.1) is 0 Å². The molecule has 0 spiro atoms. The summed E-state index contributed by atoms with van der Waals surface area (Å²) in [6, 6.07) is 12.7. The zero-order chi connectivity index (χ0) is 23.1. The first kappa shape index (κ1) is 21.8. The van der Waals surface area contributed by atoms with E-state index in [0.717, 1.165) is 72.1 Å². The maximum absolute atomic E-state index is 10.3. The van der Waals surface area contributed by atoms with E-state index < -0.39 is 12.2 Å². The summed E-state index contributed by atoms with van der Waals surface area (Å²) in [5.41, 5.74) is 5.44. The van der Waals surface area contributed by atoms with Crippen LogP contribution in [0.3, 0.4) is 0 Å². The molecule has 0 amide bonds. The minimum Gasteiger partial charge on any atom is -0.390 e. The molecule has 4 aromatic rings. The normalized spacial score (nSPS) is 23.6. The molecule has 1 saturated heterocycles. The Morgan fingerprint density at radius 3 is 2.82 bits per heavy atom. The molecule has 0 bridgehead atoms. The van der Waals surface area contributed by atoms with E-state index >= 15 is 0 Å². The van der Waals surface area contributed by atoms with Gasteiger partial charge in [-0.25, -0.2) is 9.97 Å². The van der Waals surface area contributed by atoms with Gasteiger partial charge in [-0.2, -0.15) is 0 Å². The van der Waals surface area contributed by atoms with Gasteiger partial charge < -0.3 is 29.7 Å². The molecule has 3 unspecified atom stereocenters. The van der Waals surface area contributed by atoms with E-state index in [9.17, 15) is 10.2 Å². The average molecular weight is 480 g/mol. The van der Waals surface area contributed by atoms with Crippen LogP contribution in [0.4, 0.5) is 10.8 Å². The summed E-state index contributed by atoms with van der Waals surface area (Å²) in [5.74, 6) is 0. The van der Waals surface area contributed by atoms with Crippen LogP contribution in [0, 0.1) is 0 Å². The second-order valence-corrected chi connectivity index (χ2v) is 10.2. The van der Waals surface area contributed by atoms with E-state index in [2.05, 4.69) is 50.1 Å². The Hall–Kier alpha value is -2.72. The third-order valence-corrected chi connectivity index (χ3v) is 7.87. The van der Waals surface area contributed by atoms with Crippen molar-refractivity contribution in [1.29, 1.82) is 0 Å². The molecular weight excluding hydrogens is 450 g/mol. The van der Waals surface area contributed by atoms with Gasteiger partial charge in [-0.05, 0) is 55.2 Å². The number of fused-ring (bicyclic) bond motifs is 2. The number of anilines is 2. The van der Waals surface area contributed by atoms with E-state index in [1.807, 2.05) is 12.4 Å². The highest BCUT2D eigenvalue weighted by Crippen LogP contribution is 2.30.